The Hall–Kier alpha value is -2.96. The van der Waals surface area contributed by atoms with E-state index in [9.17, 15) is 14.9 Å². The van der Waals surface area contributed by atoms with Crippen molar-refractivity contribution < 1.29 is 19.6 Å². The molecule has 0 spiro atoms. The summed E-state index contributed by atoms with van der Waals surface area (Å²) in [5.41, 5.74) is 1.20. The standard InChI is InChI=1S/C14H12N2O5/c1-8-5-10(14(17)18)3-4-12(8)21-13-9(2)6-11(7-15-13)16(19)20/h3-7H,1-2H3,(H,17,18). The van der Waals surface area contributed by atoms with Gasteiger partial charge in [0.1, 0.15) is 11.9 Å². The van der Waals surface area contributed by atoms with Gasteiger partial charge in [0.25, 0.3) is 5.69 Å². The van der Waals surface area contributed by atoms with Gasteiger partial charge in [-0.3, -0.25) is 10.1 Å². The maximum Gasteiger partial charge on any atom is 0.335 e. The van der Waals surface area contributed by atoms with Crippen LogP contribution in [0, 0.1) is 24.0 Å². The molecule has 2 aromatic rings. The van der Waals surface area contributed by atoms with Crippen LogP contribution in [-0.2, 0) is 0 Å². The van der Waals surface area contributed by atoms with E-state index in [-0.39, 0.29) is 17.1 Å². The van der Waals surface area contributed by atoms with Crippen molar-refractivity contribution in [1.82, 2.24) is 4.98 Å². The molecule has 0 fully saturated rings. The van der Waals surface area contributed by atoms with Gasteiger partial charge in [0, 0.05) is 11.6 Å². The molecule has 0 bridgehead atoms. The first-order valence-corrected chi connectivity index (χ1v) is 6.01. The van der Waals surface area contributed by atoms with E-state index in [0.29, 0.717) is 16.9 Å². The molecule has 21 heavy (non-hydrogen) atoms. The van der Waals surface area contributed by atoms with E-state index in [1.54, 1.807) is 13.8 Å². The number of carboxylic acids is 1. The molecule has 7 heteroatoms. The van der Waals surface area contributed by atoms with Gasteiger partial charge in [0.2, 0.25) is 5.88 Å². The smallest absolute Gasteiger partial charge is 0.335 e. The van der Waals surface area contributed by atoms with E-state index in [1.165, 1.54) is 24.3 Å². The van der Waals surface area contributed by atoms with Gasteiger partial charge in [0.15, 0.2) is 0 Å². The maximum atomic E-state index is 10.9. The number of hydrogen-bond acceptors (Lipinski definition) is 5. The number of aryl methyl sites for hydroxylation is 2. The van der Waals surface area contributed by atoms with Gasteiger partial charge in [-0.25, -0.2) is 9.78 Å². The van der Waals surface area contributed by atoms with Crippen molar-refractivity contribution in [3.63, 3.8) is 0 Å². The highest BCUT2D eigenvalue weighted by Crippen LogP contribution is 2.28. The minimum absolute atomic E-state index is 0.113. The summed E-state index contributed by atoms with van der Waals surface area (Å²) in [6, 6.07) is 5.80. The molecule has 0 aliphatic rings. The summed E-state index contributed by atoms with van der Waals surface area (Å²) in [5, 5.41) is 19.5. The Morgan fingerprint density at radius 2 is 2.00 bits per heavy atom. The van der Waals surface area contributed by atoms with Gasteiger partial charge in [0.05, 0.1) is 10.5 Å². The molecule has 1 aromatic carbocycles. The van der Waals surface area contributed by atoms with Crippen molar-refractivity contribution in [1.29, 1.82) is 0 Å². The summed E-state index contributed by atoms with van der Waals surface area (Å²) in [5.74, 6) is -0.328. The highest BCUT2D eigenvalue weighted by Gasteiger charge is 2.13. The molecule has 0 radical (unpaired) electrons. The average molecular weight is 288 g/mol. The number of hydrogen-bond donors (Lipinski definition) is 1. The monoisotopic (exact) mass is 288 g/mol. The molecule has 2 rings (SSSR count). The predicted molar refractivity (Wildman–Crippen MR) is 73.8 cm³/mol. The highest BCUT2D eigenvalue weighted by molar-refractivity contribution is 5.88. The SMILES string of the molecule is Cc1cc(C(=O)O)ccc1Oc1ncc([N+](=O)[O-])cc1C. The highest BCUT2D eigenvalue weighted by atomic mass is 16.6. The number of aromatic nitrogens is 1. The third kappa shape index (κ3) is 3.14. The topological polar surface area (TPSA) is 103 Å². The van der Waals surface area contributed by atoms with Crippen LogP contribution in [0.1, 0.15) is 21.5 Å². The molecule has 0 aliphatic heterocycles. The van der Waals surface area contributed by atoms with Crippen molar-refractivity contribution in [2.75, 3.05) is 0 Å². The lowest BCUT2D eigenvalue weighted by molar-refractivity contribution is -0.385. The quantitative estimate of drug-likeness (QED) is 0.685. The number of carbonyl (C=O) groups is 1. The third-order valence-corrected chi connectivity index (χ3v) is 2.86. The Bertz CT molecular complexity index is 666. The fraction of sp³-hybridized carbons (Fsp3) is 0.143. The van der Waals surface area contributed by atoms with E-state index in [0.717, 1.165) is 6.20 Å². The summed E-state index contributed by atoms with van der Waals surface area (Å²) in [7, 11) is 0. The van der Waals surface area contributed by atoms with Crippen LogP contribution in [0.2, 0.25) is 0 Å². The largest absolute Gasteiger partial charge is 0.478 e. The second-order valence-electron chi connectivity index (χ2n) is 4.46. The van der Waals surface area contributed by atoms with Crippen molar-refractivity contribution in [3.8, 4) is 11.6 Å². The molecule has 1 N–H and O–H groups in total. The minimum atomic E-state index is -1.02. The van der Waals surface area contributed by atoms with Crippen molar-refractivity contribution in [2.24, 2.45) is 0 Å². The van der Waals surface area contributed by atoms with Crippen LogP contribution in [0.4, 0.5) is 5.69 Å². The zero-order chi connectivity index (χ0) is 15.6. The van der Waals surface area contributed by atoms with E-state index < -0.39 is 10.9 Å². The van der Waals surface area contributed by atoms with E-state index in [2.05, 4.69) is 4.98 Å². The molecule has 1 heterocycles. The molecule has 0 atom stereocenters. The van der Waals surface area contributed by atoms with Crippen molar-refractivity contribution >= 4 is 11.7 Å². The molecular formula is C14H12N2O5. The molecule has 0 saturated heterocycles. The maximum absolute atomic E-state index is 10.9. The normalized spacial score (nSPS) is 10.2. The zero-order valence-corrected chi connectivity index (χ0v) is 11.4. The second-order valence-corrected chi connectivity index (χ2v) is 4.46. The number of rotatable bonds is 4. The predicted octanol–water partition coefficient (Wildman–Crippen LogP) is 3.10. The van der Waals surface area contributed by atoms with Crippen LogP contribution < -0.4 is 4.74 Å². The van der Waals surface area contributed by atoms with E-state index in [4.69, 9.17) is 9.84 Å². The van der Waals surface area contributed by atoms with Crippen LogP contribution in [-0.4, -0.2) is 21.0 Å². The number of nitro groups is 1. The number of pyridine rings is 1. The van der Waals surface area contributed by atoms with Gasteiger partial charge < -0.3 is 9.84 Å². The van der Waals surface area contributed by atoms with Gasteiger partial charge in [-0.15, -0.1) is 0 Å². The summed E-state index contributed by atoms with van der Waals surface area (Å²) >= 11 is 0. The molecule has 108 valence electrons. The number of benzene rings is 1. The Labute approximate surface area is 120 Å². The lowest BCUT2D eigenvalue weighted by Crippen LogP contribution is -1.99. The lowest BCUT2D eigenvalue weighted by Gasteiger charge is -2.10. The van der Waals surface area contributed by atoms with Crippen molar-refractivity contribution in [2.45, 2.75) is 13.8 Å². The molecule has 0 saturated carbocycles. The fourth-order valence-corrected chi connectivity index (χ4v) is 1.76. The molecule has 0 amide bonds. The third-order valence-electron chi connectivity index (χ3n) is 2.86. The Morgan fingerprint density at radius 3 is 2.52 bits per heavy atom. The summed E-state index contributed by atoms with van der Waals surface area (Å²) < 4.78 is 5.58. The number of ether oxygens (including phenoxy) is 1. The van der Waals surface area contributed by atoms with Gasteiger partial charge in [-0.05, 0) is 37.6 Å². The molecule has 0 aliphatic carbocycles. The van der Waals surface area contributed by atoms with Crippen LogP contribution in [0.5, 0.6) is 11.6 Å². The lowest BCUT2D eigenvalue weighted by atomic mass is 10.1. The summed E-state index contributed by atoms with van der Waals surface area (Å²) in [6.45, 7) is 3.36. The van der Waals surface area contributed by atoms with Crippen LogP contribution in [0.15, 0.2) is 30.5 Å². The first-order chi connectivity index (χ1) is 9.88. The Kier molecular flexibility index (Phi) is 3.84. The first-order valence-electron chi connectivity index (χ1n) is 6.01. The average Bonchev–Trinajstić information content (AvgIpc) is 2.42. The number of carboxylic acid groups (broad SMARTS) is 1. The van der Waals surface area contributed by atoms with Crippen LogP contribution in [0.25, 0.3) is 0 Å². The van der Waals surface area contributed by atoms with Gasteiger partial charge >= 0.3 is 5.97 Å². The summed E-state index contributed by atoms with van der Waals surface area (Å²) in [6.07, 6.45) is 1.11. The Balaban J connectivity index is 2.30. The van der Waals surface area contributed by atoms with Crippen molar-refractivity contribution in [3.05, 3.63) is 57.3 Å². The number of aromatic carboxylic acids is 1. The van der Waals surface area contributed by atoms with Gasteiger partial charge in [-0.1, -0.05) is 0 Å². The Morgan fingerprint density at radius 1 is 1.29 bits per heavy atom. The number of nitrogens with zero attached hydrogens (tertiary/aromatic N) is 2. The molecular weight excluding hydrogens is 276 g/mol. The minimum Gasteiger partial charge on any atom is -0.478 e. The fourth-order valence-electron chi connectivity index (χ4n) is 1.76. The first kappa shape index (κ1) is 14.4. The molecule has 1 aromatic heterocycles. The van der Waals surface area contributed by atoms with Crippen LogP contribution >= 0.6 is 0 Å². The van der Waals surface area contributed by atoms with Crippen LogP contribution in [0.3, 0.4) is 0 Å². The molecule has 0 unspecified atom stereocenters. The molecule has 7 nitrogen and oxygen atoms in total. The summed E-state index contributed by atoms with van der Waals surface area (Å²) in [4.78, 5) is 24.9. The second kappa shape index (κ2) is 5.58. The van der Waals surface area contributed by atoms with E-state index >= 15 is 0 Å². The zero-order valence-electron chi connectivity index (χ0n) is 11.4. The van der Waals surface area contributed by atoms with Gasteiger partial charge in [-0.2, -0.15) is 0 Å². The van der Waals surface area contributed by atoms with E-state index in [1.807, 2.05) is 0 Å².